The summed E-state index contributed by atoms with van der Waals surface area (Å²) in [5.74, 6) is -0.476. The SMILES string of the molecule is CS(=O)(=O)CNS(=O)O. The average molecular weight is 173 g/mol. The highest BCUT2D eigenvalue weighted by molar-refractivity contribution is 7.91. The van der Waals surface area contributed by atoms with Crippen molar-refractivity contribution in [2.45, 2.75) is 0 Å². The van der Waals surface area contributed by atoms with E-state index < -0.39 is 27.0 Å². The number of sulfone groups is 1. The highest BCUT2D eigenvalue weighted by atomic mass is 32.2. The summed E-state index contributed by atoms with van der Waals surface area (Å²) in [6.07, 6.45) is 0.965. The van der Waals surface area contributed by atoms with Crippen molar-refractivity contribution in [3.05, 3.63) is 0 Å². The van der Waals surface area contributed by atoms with Crippen molar-refractivity contribution in [1.82, 2.24) is 4.72 Å². The molecule has 0 fully saturated rings. The van der Waals surface area contributed by atoms with Crippen LogP contribution in [0, 0.1) is 0 Å². The maximum absolute atomic E-state index is 10.2. The molecule has 0 radical (unpaired) electrons. The Hall–Kier alpha value is 0.0200. The van der Waals surface area contributed by atoms with Gasteiger partial charge in [0.15, 0.2) is 9.84 Å². The van der Waals surface area contributed by atoms with Gasteiger partial charge in [-0.25, -0.2) is 12.6 Å². The lowest BCUT2D eigenvalue weighted by atomic mass is 11.5. The smallest absolute Gasteiger partial charge is 0.232 e. The van der Waals surface area contributed by atoms with Gasteiger partial charge >= 0.3 is 0 Å². The molecule has 5 nitrogen and oxygen atoms in total. The van der Waals surface area contributed by atoms with E-state index in [1.807, 2.05) is 4.72 Å². The molecule has 0 aliphatic rings. The summed E-state index contributed by atoms with van der Waals surface area (Å²) in [6, 6.07) is 0. The topological polar surface area (TPSA) is 83.5 Å². The molecule has 0 bridgehead atoms. The van der Waals surface area contributed by atoms with E-state index in [1.54, 1.807) is 0 Å². The zero-order chi connectivity index (χ0) is 7.49. The summed E-state index contributed by atoms with van der Waals surface area (Å²) in [5.41, 5.74) is 0. The maximum atomic E-state index is 10.2. The molecular formula is C2H7NO4S2. The Morgan fingerprint density at radius 3 is 2.22 bits per heavy atom. The summed E-state index contributed by atoms with van der Waals surface area (Å²) < 4.78 is 40.1. The highest BCUT2D eigenvalue weighted by Gasteiger charge is 2.01. The van der Waals surface area contributed by atoms with E-state index >= 15 is 0 Å². The lowest BCUT2D eigenvalue weighted by Crippen LogP contribution is -2.23. The van der Waals surface area contributed by atoms with Crippen LogP contribution in [0.2, 0.25) is 0 Å². The van der Waals surface area contributed by atoms with Crippen LogP contribution >= 0.6 is 0 Å². The second-order valence-electron chi connectivity index (χ2n) is 1.46. The van der Waals surface area contributed by atoms with Crippen LogP contribution in [0.1, 0.15) is 0 Å². The van der Waals surface area contributed by atoms with Crippen LogP contribution in [0.3, 0.4) is 0 Å². The fourth-order valence-electron chi connectivity index (χ4n) is 0.157. The van der Waals surface area contributed by atoms with Gasteiger partial charge in [-0.15, -0.1) is 0 Å². The zero-order valence-electron chi connectivity index (χ0n) is 4.70. The normalized spacial score (nSPS) is 15.3. The van der Waals surface area contributed by atoms with E-state index in [2.05, 4.69) is 0 Å². The minimum absolute atomic E-state index is 0.476. The fraction of sp³-hybridized carbons (Fsp3) is 1.00. The molecule has 56 valence electrons. The molecule has 0 saturated heterocycles. The van der Waals surface area contributed by atoms with Gasteiger partial charge in [0, 0.05) is 6.26 Å². The third-order valence-corrected chi connectivity index (χ3v) is 1.69. The van der Waals surface area contributed by atoms with Crippen molar-refractivity contribution in [1.29, 1.82) is 0 Å². The van der Waals surface area contributed by atoms with E-state index in [0.29, 0.717) is 0 Å². The van der Waals surface area contributed by atoms with Crippen molar-refractivity contribution in [3.8, 4) is 0 Å². The predicted molar refractivity (Wildman–Crippen MR) is 33.6 cm³/mol. The Morgan fingerprint density at radius 2 is 2.11 bits per heavy atom. The molecule has 0 saturated carbocycles. The monoisotopic (exact) mass is 173 g/mol. The van der Waals surface area contributed by atoms with Crippen molar-refractivity contribution >= 4 is 21.1 Å². The molecule has 0 aliphatic heterocycles. The molecule has 9 heavy (non-hydrogen) atoms. The van der Waals surface area contributed by atoms with Gasteiger partial charge in [0.25, 0.3) is 0 Å². The molecule has 0 heterocycles. The first kappa shape index (κ1) is 9.02. The molecule has 0 aliphatic carbocycles. The van der Waals surface area contributed by atoms with E-state index in [4.69, 9.17) is 4.55 Å². The molecule has 2 N–H and O–H groups in total. The highest BCUT2D eigenvalue weighted by Crippen LogP contribution is 1.76. The number of nitrogens with one attached hydrogen (secondary N) is 1. The van der Waals surface area contributed by atoms with Gasteiger partial charge in [0.1, 0.15) is 5.88 Å². The third kappa shape index (κ3) is 8.02. The predicted octanol–water partition coefficient (Wildman–Crippen LogP) is -1.29. The number of hydrogen-bond acceptors (Lipinski definition) is 3. The Kier molecular flexibility index (Phi) is 3.26. The van der Waals surface area contributed by atoms with Gasteiger partial charge in [0.05, 0.1) is 0 Å². The molecule has 0 aromatic heterocycles. The Bertz CT molecular complexity index is 195. The summed E-state index contributed by atoms with van der Waals surface area (Å²) in [4.78, 5) is 0. The summed E-state index contributed by atoms with van der Waals surface area (Å²) in [7, 11) is -3.18. The lowest BCUT2D eigenvalue weighted by molar-refractivity contribution is 0.550. The van der Waals surface area contributed by atoms with Crippen molar-refractivity contribution in [3.63, 3.8) is 0 Å². The average Bonchev–Trinajstić information content (AvgIpc) is 1.59. The van der Waals surface area contributed by atoms with Crippen LogP contribution in [0.4, 0.5) is 0 Å². The zero-order valence-corrected chi connectivity index (χ0v) is 6.33. The van der Waals surface area contributed by atoms with Crippen molar-refractivity contribution < 1.29 is 17.2 Å². The minimum Gasteiger partial charge on any atom is -0.294 e. The van der Waals surface area contributed by atoms with Gasteiger partial charge in [-0.1, -0.05) is 0 Å². The lowest BCUT2D eigenvalue weighted by Gasteiger charge is -1.94. The van der Waals surface area contributed by atoms with Gasteiger partial charge in [-0.2, -0.15) is 4.72 Å². The molecule has 1 unspecified atom stereocenters. The van der Waals surface area contributed by atoms with Gasteiger partial charge in [0.2, 0.25) is 11.3 Å². The van der Waals surface area contributed by atoms with Gasteiger partial charge < -0.3 is 0 Å². The van der Waals surface area contributed by atoms with Crippen LogP contribution in [0.25, 0.3) is 0 Å². The van der Waals surface area contributed by atoms with Crippen LogP contribution in [0.15, 0.2) is 0 Å². The largest absolute Gasteiger partial charge is 0.294 e. The third-order valence-electron chi connectivity index (χ3n) is 0.445. The quantitative estimate of drug-likeness (QED) is 0.520. The standard InChI is InChI=1S/C2H7NO4S2/c1-9(6,7)2-3-8(4)5/h3H,2H2,1H3,(H,4,5). The fourth-order valence-corrected chi connectivity index (χ4v) is 1.42. The summed E-state index contributed by atoms with van der Waals surface area (Å²) >= 11 is -2.24. The van der Waals surface area contributed by atoms with Gasteiger partial charge in [-0.05, 0) is 0 Å². The van der Waals surface area contributed by atoms with Crippen LogP contribution in [-0.4, -0.2) is 29.3 Å². The van der Waals surface area contributed by atoms with E-state index in [0.717, 1.165) is 6.26 Å². The first-order valence-corrected chi connectivity index (χ1v) is 5.10. The summed E-state index contributed by atoms with van der Waals surface area (Å²) in [6.45, 7) is 0. The second-order valence-corrected chi connectivity index (χ2v) is 4.39. The maximum Gasteiger partial charge on any atom is 0.232 e. The number of hydrogen-bond donors (Lipinski definition) is 2. The molecule has 0 spiro atoms. The first-order chi connectivity index (χ1) is 3.92. The van der Waals surface area contributed by atoms with Crippen molar-refractivity contribution in [2.75, 3.05) is 12.1 Å². The van der Waals surface area contributed by atoms with E-state index in [-0.39, 0.29) is 0 Å². The van der Waals surface area contributed by atoms with E-state index in [1.165, 1.54) is 0 Å². The van der Waals surface area contributed by atoms with Crippen LogP contribution < -0.4 is 4.72 Å². The molecular weight excluding hydrogens is 166 g/mol. The second kappa shape index (κ2) is 3.25. The summed E-state index contributed by atoms with van der Waals surface area (Å²) in [5, 5.41) is 0. The van der Waals surface area contributed by atoms with Crippen LogP contribution in [-0.2, 0) is 21.1 Å². The first-order valence-electron chi connectivity index (χ1n) is 1.94. The Labute approximate surface area is 55.8 Å². The van der Waals surface area contributed by atoms with Crippen molar-refractivity contribution in [2.24, 2.45) is 0 Å². The number of rotatable bonds is 3. The minimum atomic E-state index is -3.18. The molecule has 1 atom stereocenters. The van der Waals surface area contributed by atoms with Crippen LogP contribution in [0.5, 0.6) is 0 Å². The molecule has 0 rings (SSSR count). The Balaban J connectivity index is 3.67. The molecule has 7 heteroatoms. The molecule has 0 aromatic carbocycles. The molecule has 0 amide bonds. The Morgan fingerprint density at radius 1 is 1.67 bits per heavy atom. The van der Waals surface area contributed by atoms with E-state index in [9.17, 15) is 12.6 Å². The van der Waals surface area contributed by atoms with Gasteiger partial charge in [-0.3, -0.25) is 4.55 Å². The molecule has 0 aromatic rings.